The third kappa shape index (κ3) is 3.80. The van der Waals surface area contributed by atoms with Gasteiger partial charge in [-0.15, -0.1) is 0 Å². The number of benzene rings is 1. The van der Waals surface area contributed by atoms with Crippen molar-refractivity contribution in [1.29, 1.82) is 0 Å². The molecule has 0 spiro atoms. The number of aromatic nitrogens is 1. The number of fused-ring (bicyclic) bond motifs is 1. The molecule has 1 aromatic heterocycles. The van der Waals surface area contributed by atoms with Gasteiger partial charge in [0.25, 0.3) is 0 Å². The third-order valence-corrected chi connectivity index (χ3v) is 5.48. The molecule has 0 radical (unpaired) electrons. The average molecular weight is 347 g/mol. The van der Waals surface area contributed by atoms with Crippen molar-refractivity contribution in [2.45, 2.75) is 26.7 Å². The molecule has 1 amide bonds. The van der Waals surface area contributed by atoms with E-state index in [-0.39, 0.29) is 11.8 Å². The van der Waals surface area contributed by atoms with E-state index in [2.05, 4.69) is 24.1 Å². The number of methoxy groups -OCH3 is 1. The highest BCUT2D eigenvalue weighted by atomic mass is 32.1. The molecule has 0 bridgehead atoms. The van der Waals surface area contributed by atoms with Crippen LogP contribution >= 0.6 is 11.3 Å². The van der Waals surface area contributed by atoms with E-state index in [0.29, 0.717) is 5.92 Å². The molecule has 1 fully saturated rings. The predicted octanol–water partition coefficient (Wildman–Crippen LogP) is 3.29. The lowest BCUT2D eigenvalue weighted by Gasteiger charge is -2.31. The molecule has 1 saturated heterocycles. The molecule has 0 unspecified atom stereocenters. The first-order chi connectivity index (χ1) is 11.6. The molecule has 0 atom stereocenters. The number of anilines is 1. The largest absolute Gasteiger partial charge is 0.497 e. The van der Waals surface area contributed by atoms with Gasteiger partial charge in [-0.2, -0.15) is 0 Å². The Morgan fingerprint density at radius 1 is 1.42 bits per heavy atom. The van der Waals surface area contributed by atoms with Gasteiger partial charge in [0.1, 0.15) is 5.75 Å². The van der Waals surface area contributed by atoms with Crippen LogP contribution in [0, 0.1) is 11.8 Å². The molecule has 130 valence electrons. The van der Waals surface area contributed by atoms with Crippen LogP contribution in [0.3, 0.4) is 0 Å². The van der Waals surface area contributed by atoms with Crippen LogP contribution in [0.1, 0.15) is 26.7 Å². The minimum Gasteiger partial charge on any atom is -0.497 e. The van der Waals surface area contributed by atoms with Gasteiger partial charge in [-0.3, -0.25) is 4.79 Å². The number of nitrogens with one attached hydrogen (secondary N) is 1. The molecule has 24 heavy (non-hydrogen) atoms. The zero-order valence-corrected chi connectivity index (χ0v) is 15.4. The average Bonchev–Trinajstić information content (AvgIpc) is 3.02. The van der Waals surface area contributed by atoms with Gasteiger partial charge in [0, 0.05) is 25.6 Å². The van der Waals surface area contributed by atoms with E-state index >= 15 is 0 Å². The summed E-state index contributed by atoms with van der Waals surface area (Å²) >= 11 is 1.69. The number of hydrogen-bond donors (Lipinski definition) is 1. The number of nitrogens with zero attached hydrogens (tertiary/aromatic N) is 2. The van der Waals surface area contributed by atoms with Crippen molar-refractivity contribution < 1.29 is 9.53 Å². The Bertz CT molecular complexity index is 705. The molecule has 2 heterocycles. The number of rotatable bonds is 5. The Labute approximate surface area is 147 Å². The number of piperidine rings is 1. The first kappa shape index (κ1) is 17.0. The summed E-state index contributed by atoms with van der Waals surface area (Å²) in [7, 11) is 1.68. The number of carbonyl (C=O) groups is 1. The topological polar surface area (TPSA) is 54.5 Å². The number of hydrogen-bond acceptors (Lipinski definition) is 5. The third-order valence-electron chi connectivity index (χ3n) is 4.41. The highest BCUT2D eigenvalue weighted by Gasteiger charge is 2.26. The van der Waals surface area contributed by atoms with Crippen molar-refractivity contribution in [2.24, 2.45) is 11.8 Å². The van der Waals surface area contributed by atoms with E-state index in [0.717, 1.165) is 53.6 Å². The fraction of sp³-hybridized carbons (Fsp3) is 0.556. The monoisotopic (exact) mass is 347 g/mol. The standard InChI is InChI=1S/C18H25N3O2S/c1-12(2)11-19-17(22)13-6-8-21(9-7-13)18-20-15-5-4-14(23-3)10-16(15)24-18/h4-5,10,12-13H,6-9,11H2,1-3H3,(H,19,22). The van der Waals surface area contributed by atoms with Crippen LogP contribution in [-0.4, -0.2) is 37.6 Å². The molecule has 0 saturated carbocycles. The van der Waals surface area contributed by atoms with Gasteiger partial charge in [0.2, 0.25) is 5.91 Å². The second-order valence-corrected chi connectivity index (χ2v) is 7.74. The van der Waals surface area contributed by atoms with Crippen molar-refractivity contribution in [1.82, 2.24) is 10.3 Å². The maximum atomic E-state index is 12.2. The molecule has 2 aromatic rings. The maximum Gasteiger partial charge on any atom is 0.223 e. The van der Waals surface area contributed by atoms with E-state index in [4.69, 9.17) is 9.72 Å². The van der Waals surface area contributed by atoms with E-state index < -0.39 is 0 Å². The van der Waals surface area contributed by atoms with Gasteiger partial charge >= 0.3 is 0 Å². The molecule has 6 heteroatoms. The fourth-order valence-electron chi connectivity index (χ4n) is 2.94. The van der Waals surface area contributed by atoms with Crippen LogP contribution in [0.15, 0.2) is 18.2 Å². The van der Waals surface area contributed by atoms with Gasteiger partial charge < -0.3 is 15.0 Å². The molecular weight excluding hydrogens is 322 g/mol. The maximum absolute atomic E-state index is 12.2. The molecule has 1 N–H and O–H groups in total. The van der Waals surface area contributed by atoms with Crippen molar-refractivity contribution in [3.8, 4) is 5.75 Å². The highest BCUT2D eigenvalue weighted by Crippen LogP contribution is 2.33. The minimum absolute atomic E-state index is 0.134. The van der Waals surface area contributed by atoms with Crippen molar-refractivity contribution in [3.05, 3.63) is 18.2 Å². The van der Waals surface area contributed by atoms with Crippen LogP contribution in [-0.2, 0) is 4.79 Å². The summed E-state index contributed by atoms with van der Waals surface area (Å²) in [5.41, 5.74) is 1.01. The number of amides is 1. The van der Waals surface area contributed by atoms with E-state index in [9.17, 15) is 4.79 Å². The zero-order valence-electron chi connectivity index (χ0n) is 14.5. The Morgan fingerprint density at radius 2 is 2.17 bits per heavy atom. The first-order valence-electron chi connectivity index (χ1n) is 8.54. The number of carbonyl (C=O) groups excluding carboxylic acids is 1. The van der Waals surface area contributed by atoms with Crippen LogP contribution < -0.4 is 15.0 Å². The Hall–Kier alpha value is -1.82. The van der Waals surface area contributed by atoms with Crippen LogP contribution in [0.5, 0.6) is 5.75 Å². The minimum atomic E-state index is 0.134. The van der Waals surface area contributed by atoms with Crippen LogP contribution in [0.4, 0.5) is 5.13 Å². The summed E-state index contributed by atoms with van der Waals surface area (Å²) in [4.78, 5) is 19.2. The Kier molecular flexibility index (Phi) is 5.23. The molecular formula is C18H25N3O2S. The van der Waals surface area contributed by atoms with E-state index in [1.165, 1.54) is 0 Å². The summed E-state index contributed by atoms with van der Waals surface area (Å²) in [6.07, 6.45) is 1.78. The van der Waals surface area contributed by atoms with Crippen molar-refractivity contribution >= 4 is 32.6 Å². The molecule has 5 nitrogen and oxygen atoms in total. The smallest absolute Gasteiger partial charge is 0.223 e. The second-order valence-electron chi connectivity index (χ2n) is 6.73. The van der Waals surface area contributed by atoms with Crippen LogP contribution in [0.25, 0.3) is 10.2 Å². The molecule has 1 aliphatic rings. The first-order valence-corrected chi connectivity index (χ1v) is 9.35. The normalized spacial score (nSPS) is 15.9. The molecule has 0 aliphatic carbocycles. The van der Waals surface area contributed by atoms with Gasteiger partial charge in [-0.1, -0.05) is 25.2 Å². The van der Waals surface area contributed by atoms with Crippen molar-refractivity contribution in [3.63, 3.8) is 0 Å². The van der Waals surface area contributed by atoms with Gasteiger partial charge in [0.05, 0.1) is 17.3 Å². The lowest BCUT2D eigenvalue weighted by molar-refractivity contribution is -0.125. The second kappa shape index (κ2) is 7.38. The van der Waals surface area contributed by atoms with Gasteiger partial charge in [0.15, 0.2) is 5.13 Å². The predicted molar refractivity (Wildman–Crippen MR) is 99.0 cm³/mol. The molecule has 3 rings (SSSR count). The zero-order chi connectivity index (χ0) is 17.1. The lowest BCUT2D eigenvalue weighted by atomic mass is 9.96. The summed E-state index contributed by atoms with van der Waals surface area (Å²) in [6, 6.07) is 5.97. The van der Waals surface area contributed by atoms with Gasteiger partial charge in [-0.25, -0.2) is 4.98 Å². The fourth-order valence-corrected chi connectivity index (χ4v) is 3.98. The summed E-state index contributed by atoms with van der Waals surface area (Å²) in [5, 5.41) is 4.10. The van der Waals surface area contributed by atoms with Gasteiger partial charge in [-0.05, 0) is 37.0 Å². The number of thiazole rings is 1. The lowest BCUT2D eigenvalue weighted by Crippen LogP contribution is -2.41. The van der Waals surface area contributed by atoms with Crippen LogP contribution in [0.2, 0.25) is 0 Å². The Balaban J connectivity index is 1.61. The molecule has 1 aromatic carbocycles. The highest BCUT2D eigenvalue weighted by molar-refractivity contribution is 7.22. The Morgan fingerprint density at radius 3 is 2.83 bits per heavy atom. The summed E-state index contributed by atoms with van der Waals surface area (Å²) < 4.78 is 6.42. The van der Waals surface area contributed by atoms with E-state index in [1.54, 1.807) is 18.4 Å². The summed E-state index contributed by atoms with van der Waals surface area (Å²) in [5.74, 6) is 1.69. The van der Waals surface area contributed by atoms with E-state index in [1.807, 2.05) is 18.2 Å². The quantitative estimate of drug-likeness (QED) is 0.902. The SMILES string of the molecule is COc1ccc2nc(N3CCC(C(=O)NCC(C)C)CC3)sc2c1. The van der Waals surface area contributed by atoms with Crippen molar-refractivity contribution in [2.75, 3.05) is 31.6 Å². The number of ether oxygens (including phenoxy) is 1. The summed E-state index contributed by atoms with van der Waals surface area (Å²) in [6.45, 7) is 6.77. The molecule has 1 aliphatic heterocycles.